The summed E-state index contributed by atoms with van der Waals surface area (Å²) in [6, 6.07) is 5.46. The van der Waals surface area contributed by atoms with Crippen LogP contribution in [0, 0.1) is 0 Å². The van der Waals surface area contributed by atoms with Gasteiger partial charge in [-0.1, -0.05) is 37.6 Å². The fourth-order valence-corrected chi connectivity index (χ4v) is 2.12. The van der Waals surface area contributed by atoms with Crippen LogP contribution in [-0.2, 0) is 0 Å². The lowest BCUT2D eigenvalue weighted by Gasteiger charge is -2.30. The minimum atomic E-state index is -0.187. The van der Waals surface area contributed by atoms with Gasteiger partial charge < -0.3 is 10.6 Å². The summed E-state index contributed by atoms with van der Waals surface area (Å²) in [6.45, 7) is 10.4. The number of rotatable bonds is 7. The zero-order valence-electron chi connectivity index (χ0n) is 12.4. The molecule has 4 heteroatoms. The van der Waals surface area contributed by atoms with Gasteiger partial charge >= 0.3 is 0 Å². The molecule has 0 unspecified atom stereocenters. The summed E-state index contributed by atoms with van der Waals surface area (Å²) in [5, 5.41) is 6.67. The minimum Gasteiger partial charge on any atom is -0.379 e. The van der Waals surface area contributed by atoms with Gasteiger partial charge in [0, 0.05) is 17.8 Å². The van der Waals surface area contributed by atoms with Crippen molar-refractivity contribution in [3.05, 3.63) is 41.4 Å². The molecule has 2 N–H and O–H groups in total. The van der Waals surface area contributed by atoms with E-state index >= 15 is 0 Å². The van der Waals surface area contributed by atoms with Gasteiger partial charge in [-0.05, 0) is 31.9 Å². The Morgan fingerprint density at radius 3 is 2.60 bits per heavy atom. The highest BCUT2D eigenvalue weighted by Gasteiger charge is 2.23. The van der Waals surface area contributed by atoms with Crippen LogP contribution in [0.15, 0.2) is 30.9 Å². The van der Waals surface area contributed by atoms with E-state index in [2.05, 4.69) is 38.0 Å². The number of carbonyl (C=O) groups is 1. The van der Waals surface area contributed by atoms with E-state index in [9.17, 15) is 4.79 Å². The zero-order chi connectivity index (χ0) is 15.2. The largest absolute Gasteiger partial charge is 0.379 e. The molecule has 0 spiro atoms. The van der Waals surface area contributed by atoms with Crippen LogP contribution in [0.5, 0.6) is 0 Å². The van der Waals surface area contributed by atoms with Crippen LogP contribution in [0.2, 0.25) is 5.02 Å². The van der Waals surface area contributed by atoms with Crippen molar-refractivity contribution in [2.75, 3.05) is 11.9 Å². The second kappa shape index (κ2) is 7.34. The molecular weight excluding hydrogens is 272 g/mol. The summed E-state index contributed by atoms with van der Waals surface area (Å²) in [6.07, 6.45) is 3.57. The highest BCUT2D eigenvalue weighted by Crippen LogP contribution is 2.29. The molecule has 0 bridgehead atoms. The maximum atomic E-state index is 12.2. The van der Waals surface area contributed by atoms with Crippen molar-refractivity contribution in [1.29, 1.82) is 0 Å². The molecule has 0 aromatic heterocycles. The minimum absolute atomic E-state index is 0.0574. The Labute approximate surface area is 126 Å². The van der Waals surface area contributed by atoms with Crippen LogP contribution >= 0.6 is 11.6 Å². The Kier molecular flexibility index (Phi) is 6.08. The molecule has 1 aromatic carbocycles. The maximum absolute atomic E-state index is 12.2. The van der Waals surface area contributed by atoms with Gasteiger partial charge in [-0.2, -0.15) is 0 Å². The smallest absolute Gasteiger partial charge is 0.255 e. The van der Waals surface area contributed by atoms with E-state index in [1.165, 1.54) is 0 Å². The second-order valence-electron chi connectivity index (χ2n) is 5.05. The average Bonchev–Trinajstić information content (AvgIpc) is 2.44. The molecule has 3 nitrogen and oxygen atoms in total. The van der Waals surface area contributed by atoms with Crippen LogP contribution < -0.4 is 10.6 Å². The fourth-order valence-electron chi connectivity index (χ4n) is 1.86. The third-order valence-electron chi connectivity index (χ3n) is 3.64. The first-order valence-electron chi connectivity index (χ1n) is 6.93. The molecule has 0 atom stereocenters. The summed E-state index contributed by atoms with van der Waals surface area (Å²) in [5.41, 5.74) is 1.20. The molecule has 0 fully saturated rings. The van der Waals surface area contributed by atoms with Crippen molar-refractivity contribution >= 4 is 23.2 Å². The van der Waals surface area contributed by atoms with Crippen molar-refractivity contribution in [2.24, 2.45) is 0 Å². The van der Waals surface area contributed by atoms with Crippen molar-refractivity contribution in [3.8, 4) is 0 Å². The Bertz CT molecular complexity index is 481. The van der Waals surface area contributed by atoms with Gasteiger partial charge in [0.1, 0.15) is 0 Å². The molecule has 1 aromatic rings. The van der Waals surface area contributed by atoms with Crippen LogP contribution in [0.1, 0.15) is 44.0 Å². The molecule has 0 saturated carbocycles. The number of benzene rings is 1. The van der Waals surface area contributed by atoms with Crippen molar-refractivity contribution in [3.63, 3.8) is 0 Å². The maximum Gasteiger partial charge on any atom is 0.255 e. The summed E-state index contributed by atoms with van der Waals surface area (Å²) >= 11 is 6.19. The van der Waals surface area contributed by atoms with Gasteiger partial charge in [0.2, 0.25) is 0 Å². The first-order valence-corrected chi connectivity index (χ1v) is 7.31. The van der Waals surface area contributed by atoms with Gasteiger partial charge in [0.25, 0.3) is 5.91 Å². The van der Waals surface area contributed by atoms with E-state index in [0.29, 0.717) is 17.1 Å². The third kappa shape index (κ3) is 4.01. The molecule has 0 aliphatic carbocycles. The molecule has 1 rings (SSSR count). The second-order valence-corrected chi connectivity index (χ2v) is 5.46. The van der Waals surface area contributed by atoms with Gasteiger partial charge in [-0.3, -0.25) is 4.79 Å². The number of amides is 1. The van der Waals surface area contributed by atoms with E-state index in [4.69, 9.17) is 11.6 Å². The number of carbonyl (C=O) groups excluding carboxylic acids is 1. The highest BCUT2D eigenvalue weighted by molar-refractivity contribution is 6.34. The standard InChI is InChI=1S/C16H23ClN2O/c1-5-11-18-15(20)14-12(17)9-8-10-13(14)19-16(4,6-2)7-3/h5,8-10,19H,1,6-7,11H2,2-4H3,(H,18,20). The molecule has 0 radical (unpaired) electrons. The first-order chi connectivity index (χ1) is 9.47. The molecule has 0 aliphatic heterocycles. The molecule has 0 saturated heterocycles. The monoisotopic (exact) mass is 294 g/mol. The Hall–Kier alpha value is -1.48. The highest BCUT2D eigenvalue weighted by atomic mass is 35.5. The lowest BCUT2D eigenvalue weighted by molar-refractivity contribution is 0.0959. The normalized spacial score (nSPS) is 11.0. The lowest BCUT2D eigenvalue weighted by atomic mass is 9.94. The number of hydrogen-bond donors (Lipinski definition) is 2. The van der Waals surface area contributed by atoms with E-state index in [1.54, 1.807) is 12.1 Å². The predicted octanol–water partition coefficient (Wildman–Crippen LogP) is 4.25. The fraction of sp³-hybridized carbons (Fsp3) is 0.438. The topological polar surface area (TPSA) is 41.1 Å². The summed E-state index contributed by atoms with van der Waals surface area (Å²) < 4.78 is 0. The summed E-state index contributed by atoms with van der Waals surface area (Å²) in [5.74, 6) is -0.187. The van der Waals surface area contributed by atoms with Crippen LogP contribution in [0.3, 0.4) is 0 Å². The van der Waals surface area contributed by atoms with Gasteiger partial charge in [0.05, 0.1) is 10.6 Å². The molecule has 0 aliphatic rings. The van der Waals surface area contributed by atoms with Crippen molar-refractivity contribution < 1.29 is 4.79 Å². The average molecular weight is 295 g/mol. The number of nitrogens with one attached hydrogen (secondary N) is 2. The summed E-state index contributed by atoms with van der Waals surface area (Å²) in [7, 11) is 0. The molecule has 0 heterocycles. The zero-order valence-corrected chi connectivity index (χ0v) is 13.2. The van der Waals surface area contributed by atoms with Gasteiger partial charge in [0.15, 0.2) is 0 Å². The molecule has 110 valence electrons. The van der Waals surface area contributed by atoms with Crippen LogP contribution in [-0.4, -0.2) is 18.0 Å². The molecular formula is C16H23ClN2O. The van der Waals surface area contributed by atoms with E-state index in [0.717, 1.165) is 18.5 Å². The quantitative estimate of drug-likeness (QED) is 0.738. The lowest BCUT2D eigenvalue weighted by Crippen LogP contribution is -2.34. The van der Waals surface area contributed by atoms with E-state index < -0.39 is 0 Å². The van der Waals surface area contributed by atoms with Gasteiger partial charge in [-0.15, -0.1) is 6.58 Å². The Morgan fingerprint density at radius 2 is 2.05 bits per heavy atom. The number of halogens is 1. The van der Waals surface area contributed by atoms with Crippen molar-refractivity contribution in [1.82, 2.24) is 5.32 Å². The molecule has 1 amide bonds. The predicted molar refractivity (Wildman–Crippen MR) is 86.6 cm³/mol. The first kappa shape index (κ1) is 16.6. The van der Waals surface area contributed by atoms with Gasteiger partial charge in [-0.25, -0.2) is 0 Å². The Balaban J connectivity index is 3.11. The number of hydrogen-bond acceptors (Lipinski definition) is 2. The van der Waals surface area contributed by atoms with Crippen molar-refractivity contribution in [2.45, 2.75) is 39.2 Å². The third-order valence-corrected chi connectivity index (χ3v) is 3.96. The van der Waals surface area contributed by atoms with E-state index in [-0.39, 0.29) is 11.4 Å². The summed E-state index contributed by atoms with van der Waals surface area (Å²) in [4.78, 5) is 12.2. The molecule has 20 heavy (non-hydrogen) atoms. The Morgan fingerprint density at radius 1 is 1.40 bits per heavy atom. The number of anilines is 1. The van der Waals surface area contributed by atoms with Crippen LogP contribution in [0.25, 0.3) is 0 Å². The SMILES string of the molecule is C=CCNC(=O)c1c(Cl)cccc1NC(C)(CC)CC. The van der Waals surface area contributed by atoms with Crippen LogP contribution in [0.4, 0.5) is 5.69 Å². The van der Waals surface area contributed by atoms with E-state index in [1.807, 2.05) is 12.1 Å².